The fourth-order valence-corrected chi connectivity index (χ4v) is 1.66. The molecule has 0 saturated heterocycles. The highest BCUT2D eigenvalue weighted by Crippen LogP contribution is 2.22. The van der Waals surface area contributed by atoms with Crippen molar-refractivity contribution >= 4 is 11.6 Å². The highest BCUT2D eigenvalue weighted by molar-refractivity contribution is 6.30. The normalized spacial score (nSPS) is 13.6. The first-order chi connectivity index (χ1) is 9.56. The van der Waals surface area contributed by atoms with Gasteiger partial charge < -0.3 is 19.3 Å². The lowest BCUT2D eigenvalue weighted by Crippen LogP contribution is -2.27. The van der Waals surface area contributed by atoms with Crippen LogP contribution in [-0.2, 0) is 9.47 Å². The third kappa shape index (κ3) is 5.76. The van der Waals surface area contributed by atoms with E-state index in [2.05, 4.69) is 0 Å². The molecule has 0 aromatic heterocycles. The van der Waals surface area contributed by atoms with Gasteiger partial charge >= 0.3 is 0 Å². The second kappa shape index (κ2) is 8.77. The Bertz CT molecular complexity index is 461. The number of hydrogen-bond acceptors (Lipinski definition) is 5. The van der Waals surface area contributed by atoms with Crippen molar-refractivity contribution in [2.75, 3.05) is 26.9 Å². The van der Waals surface area contributed by atoms with E-state index in [0.717, 1.165) is 0 Å². The Labute approximate surface area is 123 Å². The Balaban J connectivity index is 2.43. The lowest BCUT2D eigenvalue weighted by atomic mass is 10.2. The number of benzene rings is 1. The number of halogens is 1. The van der Waals surface area contributed by atoms with Crippen LogP contribution in [0.25, 0.3) is 0 Å². The molecule has 110 valence electrons. The fourth-order valence-electron chi connectivity index (χ4n) is 1.50. The van der Waals surface area contributed by atoms with Gasteiger partial charge in [-0.25, -0.2) is 0 Å². The second-order valence-corrected chi connectivity index (χ2v) is 4.75. The molecule has 2 atom stereocenters. The number of nitrogens with zero attached hydrogens (tertiary/aromatic N) is 1. The van der Waals surface area contributed by atoms with E-state index in [1.807, 2.05) is 13.0 Å². The van der Waals surface area contributed by atoms with E-state index in [1.54, 1.807) is 25.3 Å². The largest absolute Gasteiger partial charge is 0.489 e. The fraction of sp³-hybridized carbons (Fsp3) is 0.500. The number of hydrogen-bond donors (Lipinski definition) is 1. The number of ether oxygens (including phenoxy) is 3. The highest BCUT2D eigenvalue weighted by Gasteiger charge is 2.11. The molecule has 20 heavy (non-hydrogen) atoms. The molecule has 0 aliphatic carbocycles. The molecule has 6 heteroatoms. The van der Waals surface area contributed by atoms with Crippen LogP contribution in [0.4, 0.5) is 0 Å². The SMILES string of the molecule is COCC(C)OCC(O)COc1cc(Cl)ccc1C#N. The molecular weight excluding hydrogens is 282 g/mol. The minimum absolute atomic E-state index is 0.0225. The van der Waals surface area contributed by atoms with Gasteiger partial charge in [0.15, 0.2) is 0 Å². The summed E-state index contributed by atoms with van der Waals surface area (Å²) in [7, 11) is 1.59. The van der Waals surface area contributed by atoms with E-state index in [9.17, 15) is 5.11 Å². The van der Waals surface area contributed by atoms with Crippen LogP contribution in [0.2, 0.25) is 5.02 Å². The molecule has 0 radical (unpaired) electrons. The van der Waals surface area contributed by atoms with Crippen molar-refractivity contribution in [3.63, 3.8) is 0 Å². The number of rotatable bonds is 8. The minimum atomic E-state index is -0.792. The van der Waals surface area contributed by atoms with Crippen molar-refractivity contribution in [2.24, 2.45) is 0 Å². The lowest BCUT2D eigenvalue weighted by Gasteiger charge is -2.16. The number of aliphatic hydroxyl groups excluding tert-OH is 1. The van der Waals surface area contributed by atoms with Gasteiger partial charge in [-0.05, 0) is 19.1 Å². The molecule has 1 aromatic carbocycles. The van der Waals surface area contributed by atoms with Crippen molar-refractivity contribution < 1.29 is 19.3 Å². The average molecular weight is 300 g/mol. The molecule has 1 aromatic rings. The summed E-state index contributed by atoms with van der Waals surface area (Å²) in [6.07, 6.45) is -0.893. The monoisotopic (exact) mass is 299 g/mol. The molecule has 0 fully saturated rings. The average Bonchev–Trinajstić information content (AvgIpc) is 2.43. The summed E-state index contributed by atoms with van der Waals surface area (Å²) in [5.41, 5.74) is 0.371. The summed E-state index contributed by atoms with van der Waals surface area (Å²) in [6.45, 7) is 2.46. The molecular formula is C14H18ClNO4. The van der Waals surface area contributed by atoms with Crippen LogP contribution in [0.3, 0.4) is 0 Å². The zero-order valence-electron chi connectivity index (χ0n) is 11.5. The predicted molar refractivity (Wildman–Crippen MR) is 75.0 cm³/mol. The van der Waals surface area contributed by atoms with Gasteiger partial charge in [0.1, 0.15) is 24.5 Å². The predicted octanol–water partition coefficient (Wildman–Crippen LogP) is 2.00. The van der Waals surface area contributed by atoms with Crippen molar-refractivity contribution in [2.45, 2.75) is 19.1 Å². The quantitative estimate of drug-likeness (QED) is 0.795. The molecule has 5 nitrogen and oxygen atoms in total. The van der Waals surface area contributed by atoms with Crippen LogP contribution in [0.5, 0.6) is 5.75 Å². The Morgan fingerprint density at radius 1 is 1.35 bits per heavy atom. The Hall–Kier alpha value is -1.32. The zero-order valence-corrected chi connectivity index (χ0v) is 12.3. The molecule has 1 rings (SSSR count). The van der Waals surface area contributed by atoms with Crippen molar-refractivity contribution in [3.05, 3.63) is 28.8 Å². The van der Waals surface area contributed by atoms with E-state index >= 15 is 0 Å². The van der Waals surface area contributed by atoms with Crippen LogP contribution >= 0.6 is 11.6 Å². The Kier molecular flexibility index (Phi) is 7.34. The van der Waals surface area contributed by atoms with Crippen molar-refractivity contribution in [1.82, 2.24) is 0 Å². The third-order valence-electron chi connectivity index (χ3n) is 2.47. The number of nitriles is 1. The first-order valence-corrected chi connectivity index (χ1v) is 6.55. The summed E-state index contributed by atoms with van der Waals surface area (Å²) in [4.78, 5) is 0. The highest BCUT2D eigenvalue weighted by atomic mass is 35.5. The topological polar surface area (TPSA) is 71.7 Å². The van der Waals surface area contributed by atoms with Gasteiger partial charge in [-0.2, -0.15) is 5.26 Å². The number of aliphatic hydroxyl groups is 1. The molecule has 0 aliphatic heterocycles. The molecule has 0 heterocycles. The standard InChI is InChI=1S/C14H18ClNO4/c1-10(7-18-2)19-8-13(17)9-20-14-5-12(15)4-3-11(14)6-16/h3-5,10,13,17H,7-9H2,1-2H3. The van der Waals surface area contributed by atoms with Crippen LogP contribution in [0, 0.1) is 11.3 Å². The summed E-state index contributed by atoms with van der Waals surface area (Å²) >= 11 is 5.84. The van der Waals surface area contributed by atoms with Gasteiger partial charge in [-0.3, -0.25) is 0 Å². The smallest absolute Gasteiger partial charge is 0.138 e. The molecule has 0 aliphatic rings. The van der Waals surface area contributed by atoms with Gasteiger partial charge in [-0.15, -0.1) is 0 Å². The minimum Gasteiger partial charge on any atom is -0.489 e. The maximum absolute atomic E-state index is 9.75. The van der Waals surface area contributed by atoms with Crippen LogP contribution in [-0.4, -0.2) is 44.2 Å². The molecule has 0 amide bonds. The van der Waals surface area contributed by atoms with E-state index in [4.69, 9.17) is 31.1 Å². The summed E-state index contributed by atoms with van der Waals surface area (Å²) < 4.78 is 15.7. The van der Waals surface area contributed by atoms with Gasteiger partial charge in [0, 0.05) is 18.2 Å². The lowest BCUT2D eigenvalue weighted by molar-refractivity contribution is -0.0423. The van der Waals surface area contributed by atoms with Gasteiger partial charge in [-0.1, -0.05) is 11.6 Å². The summed E-state index contributed by atoms with van der Waals surface area (Å²) in [5.74, 6) is 0.351. The third-order valence-corrected chi connectivity index (χ3v) is 2.70. The summed E-state index contributed by atoms with van der Waals surface area (Å²) in [6, 6.07) is 6.72. The molecule has 1 N–H and O–H groups in total. The van der Waals surface area contributed by atoms with Crippen LogP contribution in [0.1, 0.15) is 12.5 Å². The molecule has 0 bridgehead atoms. The molecule has 0 saturated carbocycles. The maximum atomic E-state index is 9.75. The molecule has 2 unspecified atom stereocenters. The van der Waals surface area contributed by atoms with Crippen molar-refractivity contribution in [1.29, 1.82) is 5.26 Å². The van der Waals surface area contributed by atoms with Gasteiger partial charge in [0.25, 0.3) is 0 Å². The summed E-state index contributed by atoms with van der Waals surface area (Å²) in [5, 5.41) is 19.2. The Morgan fingerprint density at radius 2 is 2.10 bits per heavy atom. The zero-order chi connectivity index (χ0) is 15.0. The van der Waals surface area contributed by atoms with E-state index in [1.165, 1.54) is 0 Å². The van der Waals surface area contributed by atoms with E-state index in [0.29, 0.717) is 22.9 Å². The van der Waals surface area contributed by atoms with E-state index in [-0.39, 0.29) is 19.3 Å². The van der Waals surface area contributed by atoms with E-state index < -0.39 is 6.10 Å². The first kappa shape index (κ1) is 16.7. The molecule has 0 spiro atoms. The van der Waals surface area contributed by atoms with Gasteiger partial charge in [0.2, 0.25) is 0 Å². The van der Waals surface area contributed by atoms with Crippen LogP contribution in [0.15, 0.2) is 18.2 Å². The van der Waals surface area contributed by atoms with Crippen molar-refractivity contribution in [3.8, 4) is 11.8 Å². The second-order valence-electron chi connectivity index (χ2n) is 4.32. The van der Waals surface area contributed by atoms with Gasteiger partial charge in [0.05, 0.1) is 24.9 Å². The Morgan fingerprint density at radius 3 is 2.75 bits per heavy atom. The number of methoxy groups -OCH3 is 1. The van der Waals surface area contributed by atoms with Crippen LogP contribution < -0.4 is 4.74 Å². The first-order valence-electron chi connectivity index (χ1n) is 6.18. The maximum Gasteiger partial charge on any atom is 0.138 e.